The van der Waals surface area contributed by atoms with Gasteiger partial charge < -0.3 is 15.2 Å². The van der Waals surface area contributed by atoms with Crippen LogP contribution in [0.15, 0.2) is 36.4 Å². The zero-order chi connectivity index (χ0) is 21.3. The predicted molar refractivity (Wildman–Crippen MR) is 119 cm³/mol. The van der Waals surface area contributed by atoms with Crippen molar-refractivity contribution in [1.82, 2.24) is 4.90 Å². The van der Waals surface area contributed by atoms with Crippen LogP contribution in [0.3, 0.4) is 0 Å². The van der Waals surface area contributed by atoms with Gasteiger partial charge in [-0.15, -0.1) is 0 Å². The van der Waals surface area contributed by atoms with Crippen molar-refractivity contribution in [2.45, 2.75) is 46.6 Å². The molecule has 2 aromatic carbocycles. The Hall–Kier alpha value is -2.53. The van der Waals surface area contributed by atoms with Gasteiger partial charge in [-0.2, -0.15) is 0 Å². The summed E-state index contributed by atoms with van der Waals surface area (Å²) in [4.78, 5) is 15.2. The van der Waals surface area contributed by atoms with Crippen LogP contribution in [0.5, 0.6) is 11.5 Å². The molecule has 1 aliphatic carbocycles. The minimum absolute atomic E-state index is 0.138. The molecule has 1 saturated carbocycles. The summed E-state index contributed by atoms with van der Waals surface area (Å²) >= 11 is 0. The monoisotopic (exact) mass is 408 g/mol. The van der Waals surface area contributed by atoms with Gasteiger partial charge in [0.2, 0.25) is 5.91 Å². The quantitative estimate of drug-likeness (QED) is 0.730. The van der Waals surface area contributed by atoms with Gasteiger partial charge in [0.1, 0.15) is 0 Å². The normalized spacial score (nSPS) is 20.2. The predicted octanol–water partition coefficient (Wildman–Crippen LogP) is 4.65. The summed E-state index contributed by atoms with van der Waals surface area (Å²) in [7, 11) is 0. The van der Waals surface area contributed by atoms with Crippen LogP contribution in [0.25, 0.3) is 0 Å². The second-order valence-electron chi connectivity index (χ2n) is 9.00. The van der Waals surface area contributed by atoms with E-state index >= 15 is 0 Å². The molecule has 2 fully saturated rings. The fraction of sp³-hybridized carbons (Fsp3) is 0.480. The Labute approximate surface area is 179 Å². The fourth-order valence-electron chi connectivity index (χ4n) is 4.89. The molecule has 1 unspecified atom stereocenters. The minimum Gasteiger partial charge on any atom is -0.504 e. The highest BCUT2D eigenvalue weighted by Gasteiger charge is 2.58. The van der Waals surface area contributed by atoms with Gasteiger partial charge in [-0.3, -0.25) is 9.69 Å². The molecule has 1 atom stereocenters. The summed E-state index contributed by atoms with van der Waals surface area (Å²) in [5, 5.41) is 13.0. The van der Waals surface area contributed by atoms with Crippen molar-refractivity contribution in [3.63, 3.8) is 0 Å². The standard InChI is InChI=1S/C25H32N2O3/c1-4-30-23-14-19(5-6-22(23)28)16-27-9-7-25(8-10-27)15-21(25)24(29)26-20-12-17(2)11-18(3)13-20/h5-6,11-14,21,28H,4,7-10,15-16H2,1-3H3,(H,26,29). The first-order valence-corrected chi connectivity index (χ1v) is 10.9. The number of piperidine rings is 1. The summed E-state index contributed by atoms with van der Waals surface area (Å²) in [5.41, 5.74) is 4.59. The van der Waals surface area contributed by atoms with E-state index in [-0.39, 0.29) is 23.0 Å². The van der Waals surface area contributed by atoms with Gasteiger partial charge in [-0.1, -0.05) is 12.1 Å². The molecule has 5 heteroatoms. The van der Waals surface area contributed by atoms with Gasteiger partial charge in [0.25, 0.3) is 0 Å². The highest BCUT2D eigenvalue weighted by Crippen LogP contribution is 2.59. The topological polar surface area (TPSA) is 61.8 Å². The lowest BCUT2D eigenvalue weighted by molar-refractivity contribution is -0.118. The summed E-state index contributed by atoms with van der Waals surface area (Å²) in [6.45, 7) is 9.41. The van der Waals surface area contributed by atoms with E-state index in [0.717, 1.165) is 50.1 Å². The zero-order valence-electron chi connectivity index (χ0n) is 18.2. The van der Waals surface area contributed by atoms with Crippen molar-refractivity contribution >= 4 is 11.6 Å². The average Bonchev–Trinajstić information content (AvgIpc) is 3.39. The Bertz CT molecular complexity index is 912. The first kappa shape index (κ1) is 20.7. The number of carbonyl (C=O) groups is 1. The maximum Gasteiger partial charge on any atom is 0.228 e. The number of aromatic hydroxyl groups is 1. The number of nitrogens with zero attached hydrogens (tertiary/aromatic N) is 1. The largest absolute Gasteiger partial charge is 0.504 e. The molecule has 2 N–H and O–H groups in total. The molecule has 1 heterocycles. The number of hydrogen-bond acceptors (Lipinski definition) is 4. The molecule has 5 nitrogen and oxygen atoms in total. The number of benzene rings is 2. The van der Waals surface area contributed by atoms with Crippen LogP contribution in [0, 0.1) is 25.2 Å². The molecule has 0 radical (unpaired) electrons. The second kappa shape index (κ2) is 8.31. The molecule has 1 amide bonds. The van der Waals surface area contributed by atoms with Crippen molar-refractivity contribution < 1.29 is 14.6 Å². The minimum atomic E-state index is 0.138. The summed E-state index contributed by atoms with van der Waals surface area (Å²) in [6.07, 6.45) is 3.13. The van der Waals surface area contributed by atoms with Crippen LogP contribution >= 0.6 is 0 Å². The number of carbonyl (C=O) groups excluding carboxylic acids is 1. The SMILES string of the molecule is CCOc1cc(CN2CCC3(CC2)CC3C(=O)Nc2cc(C)cc(C)c2)ccc1O. The van der Waals surface area contributed by atoms with Crippen molar-refractivity contribution in [2.24, 2.45) is 11.3 Å². The Morgan fingerprint density at radius 3 is 2.53 bits per heavy atom. The van der Waals surface area contributed by atoms with Crippen LogP contribution in [-0.4, -0.2) is 35.6 Å². The van der Waals surface area contributed by atoms with Gasteiger partial charge in [0.05, 0.1) is 6.61 Å². The highest BCUT2D eigenvalue weighted by atomic mass is 16.5. The lowest BCUT2D eigenvalue weighted by Crippen LogP contribution is -2.35. The third-order valence-electron chi connectivity index (χ3n) is 6.58. The summed E-state index contributed by atoms with van der Waals surface area (Å²) in [6, 6.07) is 11.8. The smallest absolute Gasteiger partial charge is 0.228 e. The van der Waals surface area contributed by atoms with E-state index in [9.17, 15) is 9.90 Å². The van der Waals surface area contributed by atoms with Crippen molar-refractivity contribution in [1.29, 1.82) is 0 Å². The van der Waals surface area contributed by atoms with Gasteiger partial charge in [0.15, 0.2) is 11.5 Å². The lowest BCUT2D eigenvalue weighted by Gasteiger charge is -2.33. The molecule has 2 aliphatic rings. The lowest BCUT2D eigenvalue weighted by atomic mass is 9.90. The van der Waals surface area contributed by atoms with E-state index in [1.807, 2.05) is 31.2 Å². The number of aryl methyl sites for hydroxylation is 2. The van der Waals surface area contributed by atoms with Gasteiger partial charge in [-0.05, 0) is 99.5 Å². The van der Waals surface area contributed by atoms with Gasteiger partial charge in [0, 0.05) is 18.2 Å². The van der Waals surface area contributed by atoms with Gasteiger partial charge >= 0.3 is 0 Å². The summed E-state index contributed by atoms with van der Waals surface area (Å²) < 4.78 is 5.50. The molecule has 30 heavy (non-hydrogen) atoms. The number of rotatable bonds is 6. The number of anilines is 1. The molecule has 160 valence electrons. The average molecular weight is 409 g/mol. The third-order valence-corrected chi connectivity index (χ3v) is 6.58. The second-order valence-corrected chi connectivity index (χ2v) is 9.00. The van der Waals surface area contributed by atoms with E-state index < -0.39 is 0 Å². The molecule has 2 aromatic rings. The molecule has 4 rings (SSSR count). The Balaban J connectivity index is 1.31. The van der Waals surface area contributed by atoms with Crippen LogP contribution in [0.2, 0.25) is 0 Å². The first-order chi connectivity index (χ1) is 14.4. The van der Waals surface area contributed by atoms with Crippen LogP contribution in [0.1, 0.15) is 42.9 Å². The van der Waals surface area contributed by atoms with Crippen LogP contribution in [-0.2, 0) is 11.3 Å². The molecule has 1 spiro atoms. The summed E-state index contributed by atoms with van der Waals surface area (Å²) in [5.74, 6) is 1.05. The molecular formula is C25H32N2O3. The van der Waals surface area contributed by atoms with Crippen molar-refractivity contribution in [2.75, 3.05) is 25.0 Å². The highest BCUT2D eigenvalue weighted by molar-refractivity contribution is 5.95. The number of hydrogen-bond donors (Lipinski definition) is 2. The Kier molecular flexibility index (Phi) is 5.74. The van der Waals surface area contributed by atoms with Crippen LogP contribution < -0.4 is 10.1 Å². The van der Waals surface area contributed by atoms with Crippen LogP contribution in [0.4, 0.5) is 5.69 Å². The molecular weight excluding hydrogens is 376 g/mol. The van der Waals surface area contributed by atoms with Crippen molar-refractivity contribution in [3.05, 3.63) is 53.1 Å². The maximum absolute atomic E-state index is 12.8. The number of ether oxygens (including phenoxy) is 1. The van der Waals surface area contributed by atoms with E-state index in [4.69, 9.17) is 4.74 Å². The number of phenols is 1. The number of nitrogens with one attached hydrogen (secondary N) is 1. The maximum atomic E-state index is 12.8. The van der Waals surface area contributed by atoms with Crippen molar-refractivity contribution in [3.8, 4) is 11.5 Å². The van der Waals surface area contributed by atoms with E-state index in [1.54, 1.807) is 6.07 Å². The van der Waals surface area contributed by atoms with Gasteiger partial charge in [-0.25, -0.2) is 0 Å². The van der Waals surface area contributed by atoms with E-state index in [0.29, 0.717) is 12.4 Å². The van der Waals surface area contributed by atoms with E-state index in [2.05, 4.69) is 30.1 Å². The Morgan fingerprint density at radius 2 is 1.87 bits per heavy atom. The fourth-order valence-corrected chi connectivity index (χ4v) is 4.89. The zero-order valence-corrected chi connectivity index (χ0v) is 18.2. The van der Waals surface area contributed by atoms with E-state index in [1.165, 1.54) is 11.1 Å². The molecule has 1 saturated heterocycles. The molecule has 0 aromatic heterocycles. The Morgan fingerprint density at radius 1 is 1.17 bits per heavy atom. The number of phenolic OH excluding ortho intramolecular Hbond substituents is 1. The number of amides is 1. The number of likely N-dealkylation sites (tertiary alicyclic amines) is 1. The molecule has 1 aliphatic heterocycles. The molecule has 0 bridgehead atoms. The third kappa shape index (κ3) is 4.46. The first-order valence-electron chi connectivity index (χ1n) is 10.9.